The van der Waals surface area contributed by atoms with Gasteiger partial charge in [0.2, 0.25) is 0 Å². The van der Waals surface area contributed by atoms with Gasteiger partial charge in [0, 0.05) is 12.2 Å². The first-order valence-corrected chi connectivity index (χ1v) is 10.3. The largest absolute Gasteiger partial charge is 0.463 e. The summed E-state index contributed by atoms with van der Waals surface area (Å²) in [5.41, 5.74) is 3.26. The fourth-order valence-corrected chi connectivity index (χ4v) is 3.83. The first-order valence-electron chi connectivity index (χ1n) is 10.3. The Morgan fingerprint density at radius 3 is 2.46 bits per heavy atom. The van der Waals surface area contributed by atoms with Crippen LogP contribution in [-0.2, 0) is 16.0 Å². The maximum Gasteiger partial charge on any atom is 0.338 e. The SMILES string of the molecule is CCOC(=O)C1=C(CN2CCC(C)CC2)NC(=O)N[C@@H]1c1ccc(CC)cc1. The lowest BCUT2D eigenvalue weighted by Crippen LogP contribution is -2.49. The van der Waals surface area contributed by atoms with Crippen molar-refractivity contribution in [3.05, 3.63) is 46.7 Å². The first-order chi connectivity index (χ1) is 13.5. The number of carbonyl (C=O) groups is 2. The van der Waals surface area contributed by atoms with Crippen molar-refractivity contribution in [3.8, 4) is 0 Å². The van der Waals surface area contributed by atoms with Crippen molar-refractivity contribution in [2.75, 3.05) is 26.2 Å². The van der Waals surface area contributed by atoms with Crippen LogP contribution in [0.25, 0.3) is 0 Å². The van der Waals surface area contributed by atoms with E-state index in [1.807, 2.05) is 24.3 Å². The Kier molecular flexibility index (Phi) is 6.73. The lowest BCUT2D eigenvalue weighted by atomic mass is 9.93. The number of nitrogens with zero attached hydrogens (tertiary/aromatic N) is 1. The Morgan fingerprint density at radius 2 is 1.86 bits per heavy atom. The first kappa shape index (κ1) is 20.4. The average Bonchev–Trinajstić information content (AvgIpc) is 2.69. The fourth-order valence-electron chi connectivity index (χ4n) is 3.83. The van der Waals surface area contributed by atoms with Gasteiger partial charge in [-0.05, 0) is 56.3 Å². The molecule has 1 aromatic carbocycles. The lowest BCUT2D eigenvalue weighted by Gasteiger charge is -2.34. The van der Waals surface area contributed by atoms with Gasteiger partial charge in [0.25, 0.3) is 0 Å². The normalized spacial score (nSPS) is 21.2. The van der Waals surface area contributed by atoms with Crippen molar-refractivity contribution in [2.24, 2.45) is 5.92 Å². The van der Waals surface area contributed by atoms with Gasteiger partial charge in [-0.15, -0.1) is 0 Å². The van der Waals surface area contributed by atoms with Gasteiger partial charge in [-0.3, -0.25) is 4.90 Å². The number of rotatable bonds is 6. The number of esters is 1. The standard InChI is InChI=1S/C22H31N3O3/c1-4-16-6-8-17(9-7-16)20-19(21(26)28-5-2)18(23-22(27)24-20)14-25-12-10-15(3)11-13-25/h6-9,15,20H,4-5,10-14H2,1-3H3,(H2,23,24,27)/t20-/m1/s1. The van der Waals surface area contributed by atoms with Gasteiger partial charge in [-0.25, -0.2) is 9.59 Å². The summed E-state index contributed by atoms with van der Waals surface area (Å²) in [6, 6.07) is 7.26. The minimum absolute atomic E-state index is 0.280. The van der Waals surface area contributed by atoms with Gasteiger partial charge in [0.15, 0.2) is 0 Å². The van der Waals surface area contributed by atoms with Crippen LogP contribution < -0.4 is 10.6 Å². The zero-order valence-electron chi connectivity index (χ0n) is 17.1. The molecule has 0 spiro atoms. The molecule has 2 aliphatic heterocycles. The molecule has 0 unspecified atom stereocenters. The van der Waals surface area contributed by atoms with Crippen LogP contribution in [0, 0.1) is 5.92 Å². The predicted molar refractivity (Wildman–Crippen MR) is 109 cm³/mol. The van der Waals surface area contributed by atoms with Crippen molar-refractivity contribution in [1.82, 2.24) is 15.5 Å². The van der Waals surface area contributed by atoms with E-state index in [1.165, 1.54) is 5.56 Å². The number of piperidine rings is 1. The number of hydrogen-bond acceptors (Lipinski definition) is 4. The van der Waals surface area contributed by atoms with Crippen molar-refractivity contribution >= 4 is 12.0 Å². The van der Waals surface area contributed by atoms with Crippen LogP contribution >= 0.6 is 0 Å². The minimum Gasteiger partial charge on any atom is -0.463 e. The molecule has 2 amide bonds. The van der Waals surface area contributed by atoms with Crippen LogP contribution in [0.15, 0.2) is 35.5 Å². The van der Waals surface area contributed by atoms with Crippen molar-refractivity contribution in [3.63, 3.8) is 0 Å². The van der Waals surface area contributed by atoms with E-state index in [9.17, 15) is 9.59 Å². The Labute approximate surface area is 167 Å². The Bertz CT molecular complexity index is 734. The quantitative estimate of drug-likeness (QED) is 0.738. The number of likely N-dealkylation sites (tertiary alicyclic amines) is 1. The molecule has 0 saturated carbocycles. The number of ether oxygens (including phenoxy) is 1. The number of benzene rings is 1. The van der Waals surface area contributed by atoms with E-state index < -0.39 is 6.04 Å². The van der Waals surface area contributed by atoms with Gasteiger partial charge in [0.05, 0.1) is 18.2 Å². The number of nitrogens with one attached hydrogen (secondary N) is 2. The second-order valence-electron chi connectivity index (χ2n) is 7.70. The second kappa shape index (κ2) is 9.24. The molecule has 0 aromatic heterocycles. The summed E-state index contributed by atoms with van der Waals surface area (Å²) in [6.45, 7) is 8.96. The summed E-state index contributed by atoms with van der Waals surface area (Å²) in [7, 11) is 0. The molecule has 6 heteroatoms. The Balaban J connectivity index is 1.93. The summed E-state index contributed by atoms with van der Waals surface area (Å²) in [5, 5.41) is 5.78. The van der Waals surface area contributed by atoms with Crippen LogP contribution in [0.5, 0.6) is 0 Å². The van der Waals surface area contributed by atoms with Gasteiger partial charge in [0.1, 0.15) is 0 Å². The zero-order chi connectivity index (χ0) is 20.1. The molecule has 0 aliphatic carbocycles. The second-order valence-corrected chi connectivity index (χ2v) is 7.70. The van der Waals surface area contributed by atoms with Crippen LogP contribution in [0.3, 0.4) is 0 Å². The summed E-state index contributed by atoms with van der Waals surface area (Å²) >= 11 is 0. The predicted octanol–water partition coefficient (Wildman–Crippen LogP) is 3.15. The number of urea groups is 1. The van der Waals surface area contributed by atoms with E-state index in [0.717, 1.165) is 43.8 Å². The van der Waals surface area contributed by atoms with Gasteiger partial charge < -0.3 is 15.4 Å². The van der Waals surface area contributed by atoms with Crippen molar-refractivity contribution < 1.29 is 14.3 Å². The maximum absolute atomic E-state index is 12.8. The third-order valence-electron chi connectivity index (χ3n) is 5.63. The van der Waals surface area contributed by atoms with E-state index in [-0.39, 0.29) is 12.0 Å². The zero-order valence-corrected chi connectivity index (χ0v) is 17.1. The van der Waals surface area contributed by atoms with E-state index in [2.05, 4.69) is 29.4 Å². The summed E-state index contributed by atoms with van der Waals surface area (Å²) < 4.78 is 5.34. The lowest BCUT2D eigenvalue weighted by molar-refractivity contribution is -0.139. The Morgan fingerprint density at radius 1 is 1.18 bits per heavy atom. The van der Waals surface area contributed by atoms with Crippen LogP contribution in [0.1, 0.15) is 50.8 Å². The highest BCUT2D eigenvalue weighted by atomic mass is 16.5. The molecule has 2 aliphatic rings. The van der Waals surface area contributed by atoms with E-state index in [4.69, 9.17) is 4.74 Å². The summed E-state index contributed by atoms with van der Waals surface area (Å²) in [4.78, 5) is 27.5. The highest BCUT2D eigenvalue weighted by Crippen LogP contribution is 2.29. The average molecular weight is 386 g/mol. The minimum atomic E-state index is -0.502. The highest BCUT2D eigenvalue weighted by Gasteiger charge is 2.34. The van der Waals surface area contributed by atoms with E-state index in [0.29, 0.717) is 24.4 Å². The van der Waals surface area contributed by atoms with Crippen LogP contribution in [0.4, 0.5) is 4.79 Å². The molecule has 1 atom stereocenters. The van der Waals surface area contributed by atoms with Crippen molar-refractivity contribution in [2.45, 2.75) is 46.1 Å². The third-order valence-corrected chi connectivity index (χ3v) is 5.63. The molecule has 1 saturated heterocycles. The molecule has 3 rings (SSSR count). The number of aryl methyl sites for hydroxylation is 1. The topological polar surface area (TPSA) is 70.7 Å². The molecule has 0 bridgehead atoms. The number of hydrogen-bond donors (Lipinski definition) is 2. The molecule has 2 heterocycles. The Hall–Kier alpha value is -2.34. The molecule has 0 radical (unpaired) electrons. The molecule has 6 nitrogen and oxygen atoms in total. The van der Waals surface area contributed by atoms with Crippen LogP contribution in [0.2, 0.25) is 0 Å². The molecule has 152 valence electrons. The molecule has 1 fully saturated rings. The number of carbonyl (C=O) groups excluding carboxylic acids is 2. The summed E-state index contributed by atoms with van der Waals surface area (Å²) in [5.74, 6) is 0.349. The maximum atomic E-state index is 12.8. The van der Waals surface area contributed by atoms with Gasteiger partial charge in [-0.1, -0.05) is 38.1 Å². The van der Waals surface area contributed by atoms with Gasteiger partial charge in [-0.2, -0.15) is 0 Å². The van der Waals surface area contributed by atoms with Gasteiger partial charge >= 0.3 is 12.0 Å². The summed E-state index contributed by atoms with van der Waals surface area (Å²) in [6.07, 6.45) is 3.21. The fraction of sp³-hybridized carbons (Fsp3) is 0.545. The molecular weight excluding hydrogens is 354 g/mol. The number of amides is 2. The molecule has 28 heavy (non-hydrogen) atoms. The van der Waals surface area contributed by atoms with E-state index >= 15 is 0 Å². The van der Waals surface area contributed by atoms with Crippen molar-refractivity contribution in [1.29, 1.82) is 0 Å². The highest BCUT2D eigenvalue weighted by molar-refractivity contribution is 5.95. The molecular formula is C22H31N3O3. The van der Waals surface area contributed by atoms with E-state index in [1.54, 1.807) is 6.92 Å². The molecule has 2 N–H and O–H groups in total. The smallest absolute Gasteiger partial charge is 0.338 e. The third kappa shape index (κ3) is 4.73. The monoisotopic (exact) mass is 385 g/mol. The van der Waals surface area contributed by atoms with Crippen LogP contribution in [-0.4, -0.2) is 43.1 Å². The molecule has 1 aromatic rings.